The monoisotopic (exact) mass is 466 g/mol. The number of hydrogen-bond acceptors (Lipinski definition) is 5. The van der Waals surface area contributed by atoms with Gasteiger partial charge < -0.3 is 14.6 Å². The summed E-state index contributed by atoms with van der Waals surface area (Å²) in [4.78, 5) is 23.0. The molecule has 4 aromatic rings. The van der Waals surface area contributed by atoms with E-state index < -0.39 is 0 Å². The lowest BCUT2D eigenvalue weighted by atomic mass is 9.96. The predicted octanol–water partition coefficient (Wildman–Crippen LogP) is 4.22. The third-order valence-corrected chi connectivity index (χ3v) is 6.75. The topological polar surface area (TPSA) is 61.6 Å². The second-order valence-electron chi connectivity index (χ2n) is 8.99. The number of anilines is 1. The molecule has 6 heteroatoms. The molecule has 1 atom stereocenters. The number of piperazine rings is 1. The van der Waals surface area contributed by atoms with E-state index >= 15 is 0 Å². The van der Waals surface area contributed by atoms with Crippen LogP contribution < -0.4 is 10.5 Å². The van der Waals surface area contributed by atoms with Crippen molar-refractivity contribution < 1.29 is 5.11 Å². The third kappa shape index (κ3) is 4.84. The van der Waals surface area contributed by atoms with Crippen molar-refractivity contribution in [3.8, 4) is 5.75 Å². The second-order valence-corrected chi connectivity index (χ2v) is 8.99. The van der Waals surface area contributed by atoms with E-state index in [4.69, 9.17) is 0 Å². The fraction of sp³-hybridized carbons (Fsp3) is 0.241. The van der Waals surface area contributed by atoms with Gasteiger partial charge in [0.1, 0.15) is 11.6 Å². The highest BCUT2D eigenvalue weighted by Gasteiger charge is 2.31. The minimum atomic E-state index is -0.336. The molecule has 0 unspecified atom stereocenters. The number of rotatable bonds is 6. The molecule has 0 amide bonds. The maximum Gasteiger partial charge on any atom is 0.259 e. The SMILES string of the molecule is Cc1cc(O)c([C@@H](c2ccccc2)N2CCN(c3ccccn3)CC2)c(=O)n1Cc1ccccc1. The molecule has 0 saturated carbocycles. The Labute approximate surface area is 205 Å². The summed E-state index contributed by atoms with van der Waals surface area (Å²) >= 11 is 0. The van der Waals surface area contributed by atoms with Crippen LogP contribution in [0.4, 0.5) is 5.82 Å². The van der Waals surface area contributed by atoms with Crippen LogP contribution in [0.1, 0.15) is 28.4 Å². The molecule has 6 nitrogen and oxygen atoms in total. The molecule has 2 aromatic heterocycles. The lowest BCUT2D eigenvalue weighted by molar-refractivity contribution is 0.207. The van der Waals surface area contributed by atoms with Crippen molar-refractivity contribution >= 4 is 5.82 Å². The van der Waals surface area contributed by atoms with Gasteiger partial charge in [0, 0.05) is 38.1 Å². The van der Waals surface area contributed by atoms with E-state index in [1.54, 1.807) is 10.6 Å². The Kier molecular flexibility index (Phi) is 6.64. The van der Waals surface area contributed by atoms with Gasteiger partial charge in [-0.3, -0.25) is 9.69 Å². The third-order valence-electron chi connectivity index (χ3n) is 6.75. The number of nitrogens with zero attached hydrogens (tertiary/aromatic N) is 4. The fourth-order valence-corrected chi connectivity index (χ4v) is 4.93. The molecule has 1 aliphatic rings. The van der Waals surface area contributed by atoms with Crippen molar-refractivity contribution in [1.29, 1.82) is 0 Å². The van der Waals surface area contributed by atoms with Crippen LogP contribution in [0.3, 0.4) is 0 Å². The Morgan fingerprint density at radius 2 is 1.54 bits per heavy atom. The van der Waals surface area contributed by atoms with Gasteiger partial charge in [0.05, 0.1) is 18.2 Å². The quantitative estimate of drug-likeness (QED) is 0.461. The van der Waals surface area contributed by atoms with E-state index in [0.717, 1.165) is 48.8 Å². The first-order chi connectivity index (χ1) is 17.1. The summed E-state index contributed by atoms with van der Waals surface area (Å²) < 4.78 is 1.77. The molecule has 0 aliphatic carbocycles. The molecule has 5 rings (SSSR count). The van der Waals surface area contributed by atoms with Crippen LogP contribution in [0.25, 0.3) is 0 Å². The van der Waals surface area contributed by atoms with E-state index in [0.29, 0.717) is 12.1 Å². The summed E-state index contributed by atoms with van der Waals surface area (Å²) in [6, 6.07) is 27.3. The Hall–Kier alpha value is -3.90. The highest BCUT2D eigenvalue weighted by atomic mass is 16.3. The van der Waals surface area contributed by atoms with Gasteiger partial charge in [-0.05, 0) is 36.2 Å². The molecule has 1 N–H and O–H groups in total. The second kappa shape index (κ2) is 10.2. The minimum Gasteiger partial charge on any atom is -0.507 e. The molecule has 1 aliphatic heterocycles. The van der Waals surface area contributed by atoms with Crippen LogP contribution in [0, 0.1) is 6.92 Å². The van der Waals surface area contributed by atoms with Crippen LogP contribution in [-0.4, -0.2) is 45.7 Å². The van der Waals surface area contributed by atoms with Gasteiger partial charge in [-0.1, -0.05) is 66.7 Å². The molecule has 1 saturated heterocycles. The van der Waals surface area contributed by atoms with Crippen molar-refractivity contribution in [2.75, 3.05) is 31.1 Å². The average Bonchev–Trinajstić information content (AvgIpc) is 2.91. The predicted molar refractivity (Wildman–Crippen MR) is 139 cm³/mol. The van der Waals surface area contributed by atoms with Crippen molar-refractivity contribution in [3.05, 3.63) is 124 Å². The summed E-state index contributed by atoms with van der Waals surface area (Å²) in [5, 5.41) is 11.1. The normalized spacial score (nSPS) is 15.2. The van der Waals surface area contributed by atoms with E-state index in [1.165, 1.54) is 0 Å². The highest BCUT2D eigenvalue weighted by molar-refractivity contribution is 5.43. The van der Waals surface area contributed by atoms with E-state index in [9.17, 15) is 9.90 Å². The van der Waals surface area contributed by atoms with E-state index in [-0.39, 0.29) is 17.4 Å². The summed E-state index contributed by atoms with van der Waals surface area (Å²) in [5.41, 5.74) is 3.08. The number of benzene rings is 2. The zero-order chi connectivity index (χ0) is 24.2. The standard InChI is InChI=1S/C29H30N4O2/c1-22-20-25(34)27(29(35)33(22)21-23-10-4-2-5-11-23)28(24-12-6-3-7-13-24)32-18-16-31(17-19-32)26-14-8-9-15-30-26/h2-15,20,28,34H,16-19,21H2,1H3/t28-/m1/s1. The first-order valence-electron chi connectivity index (χ1n) is 12.0. The first kappa shape index (κ1) is 22.9. The minimum absolute atomic E-state index is 0.0535. The van der Waals surface area contributed by atoms with Gasteiger partial charge in [0.2, 0.25) is 0 Å². The van der Waals surface area contributed by atoms with Crippen molar-refractivity contribution in [2.45, 2.75) is 19.5 Å². The Morgan fingerprint density at radius 1 is 0.886 bits per heavy atom. The smallest absolute Gasteiger partial charge is 0.259 e. The van der Waals surface area contributed by atoms with Gasteiger partial charge in [0.15, 0.2) is 0 Å². The maximum atomic E-state index is 13.9. The largest absolute Gasteiger partial charge is 0.507 e. The molecule has 3 heterocycles. The van der Waals surface area contributed by atoms with E-state index in [1.807, 2.05) is 92.0 Å². The molecule has 0 bridgehead atoms. The maximum absolute atomic E-state index is 13.9. The van der Waals surface area contributed by atoms with Crippen LogP contribution >= 0.6 is 0 Å². The Bertz CT molecular complexity index is 1320. The first-order valence-corrected chi connectivity index (χ1v) is 12.0. The van der Waals surface area contributed by atoms with Gasteiger partial charge in [-0.25, -0.2) is 4.98 Å². The summed E-state index contributed by atoms with van der Waals surface area (Å²) in [7, 11) is 0. The van der Waals surface area contributed by atoms with Crippen molar-refractivity contribution in [3.63, 3.8) is 0 Å². The van der Waals surface area contributed by atoms with E-state index in [2.05, 4.69) is 14.8 Å². The number of hydrogen-bond donors (Lipinski definition) is 1. The number of aryl methyl sites for hydroxylation is 1. The van der Waals surface area contributed by atoms with Crippen molar-refractivity contribution in [2.24, 2.45) is 0 Å². The van der Waals surface area contributed by atoms with Gasteiger partial charge in [-0.15, -0.1) is 0 Å². The lowest BCUT2D eigenvalue weighted by Gasteiger charge is -2.40. The molecule has 35 heavy (non-hydrogen) atoms. The molecular weight excluding hydrogens is 436 g/mol. The number of aromatic hydroxyl groups is 1. The van der Waals surface area contributed by atoms with Gasteiger partial charge in [0.25, 0.3) is 5.56 Å². The van der Waals surface area contributed by atoms with Crippen LogP contribution in [0.2, 0.25) is 0 Å². The molecule has 0 spiro atoms. The Morgan fingerprint density at radius 3 is 2.20 bits per heavy atom. The molecule has 0 radical (unpaired) electrons. The van der Waals surface area contributed by atoms with Gasteiger partial charge >= 0.3 is 0 Å². The zero-order valence-electron chi connectivity index (χ0n) is 19.9. The van der Waals surface area contributed by atoms with Crippen molar-refractivity contribution in [1.82, 2.24) is 14.5 Å². The Balaban J connectivity index is 1.52. The van der Waals surface area contributed by atoms with Crippen LogP contribution in [0.15, 0.2) is 95.9 Å². The summed E-state index contributed by atoms with van der Waals surface area (Å²) in [6.07, 6.45) is 1.81. The fourth-order valence-electron chi connectivity index (χ4n) is 4.93. The number of aromatic nitrogens is 2. The van der Waals surface area contributed by atoms with Gasteiger partial charge in [-0.2, -0.15) is 0 Å². The summed E-state index contributed by atoms with van der Waals surface area (Å²) in [6.45, 7) is 5.43. The molecule has 1 fully saturated rings. The highest BCUT2D eigenvalue weighted by Crippen LogP contribution is 2.33. The van der Waals surface area contributed by atoms with Crippen LogP contribution in [-0.2, 0) is 6.54 Å². The zero-order valence-corrected chi connectivity index (χ0v) is 19.9. The molecule has 178 valence electrons. The lowest BCUT2D eigenvalue weighted by Crippen LogP contribution is -2.49. The molecular formula is C29H30N4O2. The van der Waals surface area contributed by atoms with Crippen LogP contribution in [0.5, 0.6) is 5.75 Å². The molecule has 2 aromatic carbocycles. The summed E-state index contributed by atoms with van der Waals surface area (Å²) in [5.74, 6) is 1.02. The number of pyridine rings is 2. The average molecular weight is 467 g/mol.